The summed E-state index contributed by atoms with van der Waals surface area (Å²) in [7, 11) is -3.46. The Morgan fingerprint density at radius 3 is 3.00 bits per heavy atom. The Hall–Kier alpha value is -0.470. The van der Waals surface area contributed by atoms with E-state index >= 15 is 0 Å². The van der Waals surface area contributed by atoms with E-state index in [0.29, 0.717) is 18.7 Å². The van der Waals surface area contributed by atoms with Crippen molar-refractivity contribution >= 4 is 21.4 Å². The summed E-state index contributed by atoms with van der Waals surface area (Å²) in [4.78, 5) is 0. The Bertz CT molecular complexity index is 462. The molecule has 0 bridgehead atoms. The molecule has 0 spiro atoms. The molecule has 0 amide bonds. The van der Waals surface area contributed by atoms with Crippen LogP contribution in [0.4, 0.5) is 0 Å². The number of nitrogens with one attached hydrogen (secondary N) is 1. The van der Waals surface area contributed by atoms with Gasteiger partial charge in [0.25, 0.3) is 0 Å². The minimum Gasteiger partial charge on any atom is -0.392 e. The molecule has 0 radical (unpaired) electrons. The van der Waals surface area contributed by atoms with E-state index in [2.05, 4.69) is 4.72 Å². The lowest BCUT2D eigenvalue weighted by Gasteiger charge is -2.10. The van der Waals surface area contributed by atoms with Gasteiger partial charge in [0.15, 0.2) is 0 Å². The molecular formula is C10H15NO4S2. The van der Waals surface area contributed by atoms with Crippen LogP contribution in [-0.2, 0) is 21.4 Å². The van der Waals surface area contributed by atoms with Crippen LogP contribution in [0.25, 0.3) is 0 Å². The number of sulfonamides is 1. The molecule has 1 aromatic heterocycles. The smallest absolute Gasteiger partial charge is 0.250 e. The molecule has 1 aromatic rings. The first-order valence-corrected chi connectivity index (χ1v) is 7.77. The predicted octanol–water partition coefficient (Wildman–Crippen LogP) is 0.698. The fourth-order valence-electron chi connectivity index (χ4n) is 1.66. The Labute approximate surface area is 104 Å². The summed E-state index contributed by atoms with van der Waals surface area (Å²) in [6.07, 6.45) is 1.87. The molecular weight excluding hydrogens is 262 g/mol. The molecule has 7 heteroatoms. The molecule has 1 atom stereocenters. The molecule has 2 rings (SSSR count). The third kappa shape index (κ3) is 3.26. The van der Waals surface area contributed by atoms with Gasteiger partial charge in [-0.2, -0.15) is 0 Å². The number of aliphatic hydroxyl groups excluding tert-OH is 1. The van der Waals surface area contributed by atoms with E-state index in [0.717, 1.165) is 24.2 Å². The van der Waals surface area contributed by atoms with Gasteiger partial charge in [0, 0.05) is 13.2 Å². The Morgan fingerprint density at radius 1 is 1.59 bits per heavy atom. The first kappa shape index (κ1) is 13.0. The molecule has 5 nitrogen and oxygen atoms in total. The molecule has 1 fully saturated rings. The van der Waals surface area contributed by atoms with E-state index in [9.17, 15) is 8.42 Å². The van der Waals surface area contributed by atoms with Crippen LogP contribution < -0.4 is 4.72 Å². The maximum absolute atomic E-state index is 11.9. The van der Waals surface area contributed by atoms with E-state index in [1.807, 2.05) is 0 Å². The summed E-state index contributed by atoms with van der Waals surface area (Å²) in [5.41, 5.74) is 0.618. The highest BCUT2D eigenvalue weighted by atomic mass is 32.2. The van der Waals surface area contributed by atoms with Gasteiger partial charge in [-0.15, -0.1) is 11.3 Å². The van der Waals surface area contributed by atoms with Crippen molar-refractivity contribution in [1.29, 1.82) is 0 Å². The maximum atomic E-state index is 11.9. The topological polar surface area (TPSA) is 75.6 Å². The fraction of sp³-hybridized carbons (Fsp3) is 0.600. The van der Waals surface area contributed by atoms with Crippen LogP contribution in [0.3, 0.4) is 0 Å². The summed E-state index contributed by atoms with van der Waals surface area (Å²) in [5.74, 6) is 0. The molecule has 0 aliphatic carbocycles. The van der Waals surface area contributed by atoms with Crippen molar-refractivity contribution in [1.82, 2.24) is 4.72 Å². The summed E-state index contributed by atoms with van der Waals surface area (Å²) >= 11 is 1.11. The van der Waals surface area contributed by atoms with Crippen LogP contribution in [0.15, 0.2) is 15.7 Å². The molecule has 0 saturated carbocycles. The van der Waals surface area contributed by atoms with E-state index in [-0.39, 0.29) is 16.9 Å². The number of aliphatic hydroxyl groups is 1. The highest BCUT2D eigenvalue weighted by Gasteiger charge is 2.21. The average Bonchev–Trinajstić information content (AvgIpc) is 2.98. The van der Waals surface area contributed by atoms with Gasteiger partial charge in [0.1, 0.15) is 4.21 Å². The summed E-state index contributed by atoms with van der Waals surface area (Å²) in [6, 6.07) is 1.49. The van der Waals surface area contributed by atoms with Crippen LogP contribution >= 0.6 is 11.3 Å². The standard InChI is InChI=1S/C10H15NO4S2/c12-6-8-4-10(16-7-8)17(13,14)11-5-9-2-1-3-15-9/h4,7,9,11-12H,1-3,5-6H2. The second-order valence-electron chi connectivity index (χ2n) is 3.92. The Morgan fingerprint density at radius 2 is 2.41 bits per heavy atom. The van der Waals surface area contributed by atoms with Crippen molar-refractivity contribution in [3.63, 3.8) is 0 Å². The van der Waals surface area contributed by atoms with E-state index in [1.165, 1.54) is 6.07 Å². The lowest BCUT2D eigenvalue weighted by molar-refractivity contribution is 0.114. The number of hydrogen-bond acceptors (Lipinski definition) is 5. The van der Waals surface area contributed by atoms with Crippen LogP contribution in [-0.4, -0.2) is 32.8 Å². The summed E-state index contributed by atoms with van der Waals surface area (Å²) in [5, 5.41) is 10.5. The molecule has 96 valence electrons. The van der Waals surface area contributed by atoms with Gasteiger partial charge in [0.05, 0.1) is 12.7 Å². The lowest BCUT2D eigenvalue weighted by atomic mass is 10.2. The normalized spacial score (nSPS) is 20.9. The number of ether oxygens (including phenoxy) is 1. The largest absolute Gasteiger partial charge is 0.392 e. The molecule has 2 N–H and O–H groups in total. The molecule has 0 aromatic carbocycles. The minimum atomic E-state index is -3.46. The molecule has 1 aliphatic heterocycles. The molecule has 1 unspecified atom stereocenters. The molecule has 1 aliphatic rings. The van der Waals surface area contributed by atoms with Gasteiger partial charge in [-0.1, -0.05) is 0 Å². The van der Waals surface area contributed by atoms with E-state index in [1.54, 1.807) is 5.38 Å². The van der Waals surface area contributed by atoms with Crippen molar-refractivity contribution in [2.24, 2.45) is 0 Å². The lowest BCUT2D eigenvalue weighted by Crippen LogP contribution is -2.31. The molecule has 1 saturated heterocycles. The minimum absolute atomic E-state index is 0.0120. The maximum Gasteiger partial charge on any atom is 0.250 e. The zero-order valence-corrected chi connectivity index (χ0v) is 10.9. The second-order valence-corrected chi connectivity index (χ2v) is 6.82. The van der Waals surface area contributed by atoms with Gasteiger partial charge in [-0.05, 0) is 29.9 Å². The van der Waals surface area contributed by atoms with Gasteiger partial charge in [-0.25, -0.2) is 13.1 Å². The average molecular weight is 277 g/mol. The highest BCUT2D eigenvalue weighted by molar-refractivity contribution is 7.91. The monoisotopic (exact) mass is 277 g/mol. The van der Waals surface area contributed by atoms with Crippen LogP contribution in [0.2, 0.25) is 0 Å². The van der Waals surface area contributed by atoms with E-state index < -0.39 is 10.0 Å². The predicted molar refractivity (Wildman–Crippen MR) is 64.4 cm³/mol. The molecule has 2 heterocycles. The van der Waals surface area contributed by atoms with Crippen molar-refractivity contribution < 1.29 is 18.3 Å². The third-order valence-electron chi connectivity index (χ3n) is 2.60. The van der Waals surface area contributed by atoms with Crippen LogP contribution in [0.5, 0.6) is 0 Å². The SMILES string of the molecule is O=S(=O)(NCC1CCCO1)c1cc(CO)cs1. The van der Waals surface area contributed by atoms with Crippen LogP contribution in [0, 0.1) is 0 Å². The Kier molecular flexibility index (Phi) is 4.16. The van der Waals surface area contributed by atoms with Crippen molar-refractivity contribution in [3.05, 3.63) is 17.0 Å². The summed E-state index contributed by atoms with van der Waals surface area (Å²) in [6.45, 7) is 0.881. The van der Waals surface area contributed by atoms with Gasteiger partial charge < -0.3 is 9.84 Å². The quantitative estimate of drug-likeness (QED) is 0.830. The summed E-state index contributed by atoms with van der Waals surface area (Å²) < 4.78 is 31.9. The second kappa shape index (κ2) is 5.45. The zero-order valence-electron chi connectivity index (χ0n) is 9.26. The third-order valence-corrected chi connectivity index (χ3v) is 5.51. The number of rotatable bonds is 5. The number of thiophene rings is 1. The number of hydrogen-bond donors (Lipinski definition) is 2. The highest BCUT2D eigenvalue weighted by Crippen LogP contribution is 2.20. The van der Waals surface area contributed by atoms with Crippen LogP contribution in [0.1, 0.15) is 18.4 Å². The van der Waals surface area contributed by atoms with E-state index in [4.69, 9.17) is 9.84 Å². The zero-order chi connectivity index (χ0) is 12.3. The fourth-order valence-corrected chi connectivity index (χ4v) is 3.97. The van der Waals surface area contributed by atoms with Gasteiger partial charge in [-0.3, -0.25) is 0 Å². The first-order chi connectivity index (χ1) is 8.12. The van der Waals surface area contributed by atoms with Crippen molar-refractivity contribution in [2.75, 3.05) is 13.2 Å². The molecule has 17 heavy (non-hydrogen) atoms. The van der Waals surface area contributed by atoms with Crippen molar-refractivity contribution in [3.8, 4) is 0 Å². The van der Waals surface area contributed by atoms with Gasteiger partial charge in [0.2, 0.25) is 10.0 Å². The first-order valence-electron chi connectivity index (χ1n) is 5.41. The van der Waals surface area contributed by atoms with Gasteiger partial charge >= 0.3 is 0 Å². The van der Waals surface area contributed by atoms with Crippen molar-refractivity contribution in [2.45, 2.75) is 29.8 Å². The Balaban J connectivity index is 1.97.